The fourth-order valence-electron chi connectivity index (χ4n) is 1.23. The van der Waals surface area contributed by atoms with Gasteiger partial charge < -0.3 is 11.1 Å². The van der Waals surface area contributed by atoms with E-state index < -0.39 is 0 Å². The molecule has 0 saturated carbocycles. The first-order valence-corrected chi connectivity index (χ1v) is 5.40. The Morgan fingerprint density at radius 2 is 2.18 bits per heavy atom. The Morgan fingerprint density at radius 1 is 1.53 bits per heavy atom. The Bertz CT molecular complexity index is 439. The highest BCUT2D eigenvalue weighted by Gasteiger charge is 2.11. The molecule has 0 aliphatic heterocycles. The molecular weight excluding hydrogens is 240 g/mol. The van der Waals surface area contributed by atoms with Gasteiger partial charge in [-0.1, -0.05) is 23.7 Å². The Kier molecular flexibility index (Phi) is 4.34. The van der Waals surface area contributed by atoms with E-state index in [1.54, 1.807) is 6.07 Å². The fourth-order valence-corrected chi connectivity index (χ4v) is 1.49. The number of halogens is 1. The highest BCUT2D eigenvalue weighted by molar-refractivity contribution is 6.33. The smallest absolute Gasteiger partial charge is 0.323 e. The van der Waals surface area contributed by atoms with E-state index in [1.807, 2.05) is 19.1 Å². The SMILES string of the molecule is CNC(=O)N(C)C(N)=Nc1c(C)cccc1Cl. The number of urea groups is 1. The summed E-state index contributed by atoms with van der Waals surface area (Å²) in [5, 5.41) is 2.95. The molecule has 0 radical (unpaired) electrons. The maximum atomic E-state index is 11.3. The molecule has 0 unspecified atom stereocenters. The molecule has 0 atom stereocenters. The number of guanidine groups is 1. The van der Waals surface area contributed by atoms with Crippen molar-refractivity contribution in [1.82, 2.24) is 10.2 Å². The van der Waals surface area contributed by atoms with Gasteiger partial charge >= 0.3 is 6.03 Å². The highest BCUT2D eigenvalue weighted by atomic mass is 35.5. The number of aryl methyl sites for hydroxylation is 1. The first-order chi connectivity index (χ1) is 7.97. The molecular formula is C11H15ClN4O. The molecule has 2 amide bonds. The van der Waals surface area contributed by atoms with Crippen LogP contribution in [0.3, 0.4) is 0 Å². The number of hydrogen-bond acceptors (Lipinski definition) is 2. The molecule has 0 heterocycles. The van der Waals surface area contributed by atoms with Gasteiger partial charge in [0.05, 0.1) is 10.7 Å². The molecule has 1 aromatic rings. The van der Waals surface area contributed by atoms with Crippen molar-refractivity contribution in [3.8, 4) is 0 Å². The second kappa shape index (κ2) is 5.54. The molecule has 0 fully saturated rings. The van der Waals surface area contributed by atoms with Crippen molar-refractivity contribution in [3.05, 3.63) is 28.8 Å². The van der Waals surface area contributed by atoms with Gasteiger partial charge in [-0.15, -0.1) is 0 Å². The zero-order valence-electron chi connectivity index (χ0n) is 9.99. The number of nitrogens with one attached hydrogen (secondary N) is 1. The van der Waals surface area contributed by atoms with E-state index in [1.165, 1.54) is 19.0 Å². The third-order valence-electron chi connectivity index (χ3n) is 2.28. The number of amides is 2. The quantitative estimate of drug-likeness (QED) is 0.593. The summed E-state index contributed by atoms with van der Waals surface area (Å²) in [6, 6.07) is 5.09. The summed E-state index contributed by atoms with van der Waals surface area (Å²) >= 11 is 6.01. The summed E-state index contributed by atoms with van der Waals surface area (Å²) in [6.07, 6.45) is 0. The van der Waals surface area contributed by atoms with E-state index in [0.29, 0.717) is 10.7 Å². The number of aliphatic imine (C=N–C) groups is 1. The van der Waals surface area contributed by atoms with Crippen LogP contribution in [0.15, 0.2) is 23.2 Å². The van der Waals surface area contributed by atoms with E-state index in [0.717, 1.165) is 5.56 Å². The number of carbonyl (C=O) groups excluding carboxylic acids is 1. The van der Waals surface area contributed by atoms with Crippen molar-refractivity contribution in [3.63, 3.8) is 0 Å². The monoisotopic (exact) mass is 254 g/mol. The van der Waals surface area contributed by atoms with E-state index >= 15 is 0 Å². The minimum Gasteiger partial charge on any atom is -0.369 e. The molecule has 0 aliphatic rings. The maximum absolute atomic E-state index is 11.3. The van der Waals surface area contributed by atoms with Crippen LogP contribution in [0.4, 0.5) is 10.5 Å². The molecule has 6 heteroatoms. The summed E-state index contributed by atoms with van der Waals surface area (Å²) in [7, 11) is 3.05. The average Bonchev–Trinajstić information content (AvgIpc) is 2.31. The Morgan fingerprint density at radius 3 is 2.71 bits per heavy atom. The van der Waals surface area contributed by atoms with Crippen molar-refractivity contribution in [2.75, 3.05) is 14.1 Å². The summed E-state index contributed by atoms with van der Waals surface area (Å²) in [5.74, 6) is 0.0838. The predicted octanol–water partition coefficient (Wildman–Crippen LogP) is 1.87. The fraction of sp³-hybridized carbons (Fsp3) is 0.273. The summed E-state index contributed by atoms with van der Waals surface area (Å²) in [4.78, 5) is 16.7. The number of nitrogens with two attached hydrogens (primary N) is 1. The Labute approximate surface area is 105 Å². The lowest BCUT2D eigenvalue weighted by Crippen LogP contribution is -2.43. The zero-order chi connectivity index (χ0) is 13.0. The third-order valence-corrected chi connectivity index (χ3v) is 2.58. The van der Waals surface area contributed by atoms with Crippen molar-refractivity contribution in [1.29, 1.82) is 0 Å². The highest BCUT2D eigenvalue weighted by Crippen LogP contribution is 2.28. The molecule has 1 aromatic carbocycles. The first-order valence-electron chi connectivity index (χ1n) is 5.02. The van der Waals surface area contributed by atoms with Crippen LogP contribution in [0.5, 0.6) is 0 Å². The molecule has 92 valence electrons. The van der Waals surface area contributed by atoms with Gasteiger partial charge in [0.15, 0.2) is 0 Å². The number of para-hydroxylation sites is 1. The van der Waals surface area contributed by atoms with Crippen LogP contribution < -0.4 is 11.1 Å². The number of benzene rings is 1. The van der Waals surface area contributed by atoms with E-state index in [2.05, 4.69) is 10.3 Å². The lowest BCUT2D eigenvalue weighted by molar-refractivity contribution is 0.228. The molecule has 0 saturated heterocycles. The number of nitrogens with zero attached hydrogens (tertiary/aromatic N) is 2. The van der Waals surface area contributed by atoms with Crippen LogP contribution in [0.25, 0.3) is 0 Å². The number of hydrogen-bond donors (Lipinski definition) is 2. The van der Waals surface area contributed by atoms with Crippen LogP contribution in [0, 0.1) is 6.92 Å². The average molecular weight is 255 g/mol. The van der Waals surface area contributed by atoms with Gasteiger partial charge in [-0.2, -0.15) is 0 Å². The van der Waals surface area contributed by atoms with Gasteiger partial charge in [0.25, 0.3) is 0 Å². The van der Waals surface area contributed by atoms with Crippen molar-refractivity contribution in [2.24, 2.45) is 10.7 Å². The molecule has 0 spiro atoms. The second-order valence-corrected chi connectivity index (χ2v) is 3.90. The maximum Gasteiger partial charge on any atom is 0.323 e. The number of rotatable bonds is 1. The van der Waals surface area contributed by atoms with E-state index in [-0.39, 0.29) is 12.0 Å². The predicted molar refractivity (Wildman–Crippen MR) is 69.7 cm³/mol. The first kappa shape index (κ1) is 13.3. The van der Waals surface area contributed by atoms with Crippen molar-refractivity contribution in [2.45, 2.75) is 6.92 Å². The van der Waals surface area contributed by atoms with Crippen LogP contribution in [0.1, 0.15) is 5.56 Å². The van der Waals surface area contributed by atoms with Gasteiger partial charge in [-0.3, -0.25) is 4.90 Å². The van der Waals surface area contributed by atoms with E-state index in [4.69, 9.17) is 17.3 Å². The molecule has 17 heavy (non-hydrogen) atoms. The largest absolute Gasteiger partial charge is 0.369 e. The molecule has 5 nitrogen and oxygen atoms in total. The minimum absolute atomic E-state index is 0.0838. The third kappa shape index (κ3) is 3.10. The van der Waals surface area contributed by atoms with Crippen LogP contribution >= 0.6 is 11.6 Å². The van der Waals surface area contributed by atoms with Crippen molar-refractivity contribution < 1.29 is 4.79 Å². The van der Waals surface area contributed by atoms with Gasteiger partial charge in [-0.25, -0.2) is 9.79 Å². The van der Waals surface area contributed by atoms with E-state index in [9.17, 15) is 4.79 Å². The summed E-state index contributed by atoms with van der Waals surface area (Å²) in [5.41, 5.74) is 7.19. The van der Waals surface area contributed by atoms with Crippen molar-refractivity contribution >= 4 is 29.3 Å². The number of carbonyl (C=O) groups is 1. The lowest BCUT2D eigenvalue weighted by Gasteiger charge is -2.15. The topological polar surface area (TPSA) is 70.7 Å². The van der Waals surface area contributed by atoms with Crippen LogP contribution in [-0.2, 0) is 0 Å². The molecule has 0 bridgehead atoms. The molecule has 0 aliphatic carbocycles. The van der Waals surface area contributed by atoms with Crippen LogP contribution in [-0.4, -0.2) is 31.0 Å². The van der Waals surface area contributed by atoms with Gasteiger partial charge in [0.1, 0.15) is 0 Å². The Balaban J connectivity index is 3.06. The van der Waals surface area contributed by atoms with Gasteiger partial charge in [0.2, 0.25) is 5.96 Å². The van der Waals surface area contributed by atoms with Gasteiger partial charge in [-0.05, 0) is 18.6 Å². The van der Waals surface area contributed by atoms with Crippen LogP contribution in [0.2, 0.25) is 5.02 Å². The zero-order valence-corrected chi connectivity index (χ0v) is 10.7. The lowest BCUT2D eigenvalue weighted by atomic mass is 10.2. The molecule has 1 rings (SSSR count). The molecule has 0 aromatic heterocycles. The Hall–Kier alpha value is -1.75. The second-order valence-electron chi connectivity index (χ2n) is 3.49. The minimum atomic E-state index is -0.337. The normalized spacial score (nSPS) is 11.2. The summed E-state index contributed by atoms with van der Waals surface area (Å²) < 4.78 is 0. The summed E-state index contributed by atoms with van der Waals surface area (Å²) in [6.45, 7) is 1.87. The standard InChI is InChI=1S/C11H15ClN4O/c1-7-5-4-6-8(12)9(7)15-10(13)16(3)11(17)14-2/h4-6H,1-3H3,(H2,13,15)(H,14,17). The molecule has 3 N–H and O–H groups in total. The van der Waals surface area contributed by atoms with Gasteiger partial charge in [0, 0.05) is 14.1 Å².